The molecule has 0 atom stereocenters. The van der Waals surface area contributed by atoms with Gasteiger partial charge in [0.05, 0.1) is 0 Å². The van der Waals surface area contributed by atoms with Crippen LogP contribution in [-0.4, -0.2) is 17.5 Å². The number of hydrogen-bond acceptors (Lipinski definition) is 4. The number of oxime groups is 1. The normalized spacial score (nSPS) is 10.8. The average Bonchev–Trinajstić information content (AvgIpc) is 1.98. The van der Waals surface area contributed by atoms with Crippen LogP contribution in [0.4, 0.5) is 0 Å². The lowest BCUT2D eigenvalue weighted by Crippen LogP contribution is -2.08. The van der Waals surface area contributed by atoms with Gasteiger partial charge < -0.3 is 4.84 Å². The van der Waals surface area contributed by atoms with Crippen LogP contribution in [0.3, 0.4) is 0 Å². The molecule has 0 fully saturated rings. The minimum Gasteiger partial charge on any atom is -0.313 e. The molecule has 4 heteroatoms. The van der Waals surface area contributed by atoms with E-state index in [2.05, 4.69) is 16.6 Å². The summed E-state index contributed by atoms with van der Waals surface area (Å²) in [7, 11) is 0. The fourth-order valence-corrected chi connectivity index (χ4v) is 0.252. The van der Waals surface area contributed by atoms with E-state index in [-0.39, 0.29) is 17.1 Å². The number of rotatable bonds is 3. The quantitative estimate of drug-likeness (QED) is 0.275. The Labute approximate surface area is 70.9 Å². The summed E-state index contributed by atoms with van der Waals surface area (Å²) in [5.41, 5.74) is 0.403. The maximum absolute atomic E-state index is 10.7. The van der Waals surface area contributed by atoms with Crippen molar-refractivity contribution in [1.82, 2.24) is 0 Å². The van der Waals surface area contributed by atoms with E-state index in [0.29, 0.717) is 0 Å². The van der Waals surface area contributed by atoms with Crippen molar-refractivity contribution in [3.05, 3.63) is 12.2 Å². The Bertz CT molecular complexity index is 253. The molecule has 0 unspecified atom stereocenters. The van der Waals surface area contributed by atoms with Gasteiger partial charge in [-0.3, -0.25) is 4.79 Å². The van der Waals surface area contributed by atoms with Crippen LogP contribution in [0.15, 0.2) is 17.3 Å². The summed E-state index contributed by atoms with van der Waals surface area (Å²) >= 11 is 0. The number of carbonyl (C=O) groups excluding carboxylic acids is 2. The number of ketones is 1. The van der Waals surface area contributed by atoms with Crippen molar-refractivity contribution in [1.29, 1.82) is 0 Å². The molecule has 0 aliphatic rings. The molecule has 0 radical (unpaired) electrons. The maximum atomic E-state index is 10.7. The molecular formula is C8H11NO3. The average molecular weight is 169 g/mol. The van der Waals surface area contributed by atoms with Crippen molar-refractivity contribution in [3.8, 4) is 0 Å². The molecule has 0 saturated heterocycles. The highest BCUT2D eigenvalue weighted by atomic mass is 16.7. The smallest absolute Gasteiger partial charge is 0.313 e. The lowest BCUT2D eigenvalue weighted by molar-refractivity contribution is -0.138. The summed E-state index contributed by atoms with van der Waals surface area (Å²) in [6.07, 6.45) is 0. The van der Waals surface area contributed by atoms with E-state index in [1.807, 2.05) is 0 Å². The summed E-state index contributed by atoms with van der Waals surface area (Å²) < 4.78 is 0. The lowest BCUT2D eigenvalue weighted by atomic mass is 10.3. The molecule has 0 N–H and O–H groups in total. The molecule has 0 aliphatic heterocycles. The largest absolute Gasteiger partial charge is 0.360 e. The Hall–Kier alpha value is -1.45. The van der Waals surface area contributed by atoms with Crippen molar-refractivity contribution in [3.63, 3.8) is 0 Å². The third-order valence-corrected chi connectivity index (χ3v) is 1.12. The van der Waals surface area contributed by atoms with Crippen LogP contribution in [0, 0.1) is 0 Å². The Morgan fingerprint density at radius 3 is 2.08 bits per heavy atom. The van der Waals surface area contributed by atoms with Crippen LogP contribution in [-0.2, 0) is 14.4 Å². The van der Waals surface area contributed by atoms with E-state index in [4.69, 9.17) is 0 Å². The minimum atomic E-state index is -0.629. The van der Waals surface area contributed by atoms with Crippen molar-refractivity contribution in [2.75, 3.05) is 0 Å². The summed E-state index contributed by atoms with van der Waals surface area (Å²) in [5, 5.41) is 3.30. The minimum absolute atomic E-state index is 0.157. The molecule has 0 aliphatic carbocycles. The van der Waals surface area contributed by atoms with Gasteiger partial charge in [0, 0.05) is 12.5 Å². The number of nitrogens with zero attached hydrogens (tertiary/aromatic N) is 1. The molecule has 0 aromatic heterocycles. The van der Waals surface area contributed by atoms with Gasteiger partial charge in [-0.25, -0.2) is 4.79 Å². The second kappa shape index (κ2) is 4.43. The number of carbonyl (C=O) groups is 2. The zero-order chi connectivity index (χ0) is 9.72. The first-order chi connectivity index (χ1) is 5.45. The third-order valence-electron chi connectivity index (χ3n) is 1.12. The highest BCUT2D eigenvalue weighted by Crippen LogP contribution is 1.93. The van der Waals surface area contributed by atoms with Gasteiger partial charge in [-0.2, -0.15) is 0 Å². The van der Waals surface area contributed by atoms with E-state index in [1.165, 1.54) is 20.8 Å². The molecule has 0 heterocycles. The van der Waals surface area contributed by atoms with E-state index in [0.717, 1.165) is 0 Å². The van der Waals surface area contributed by atoms with Gasteiger partial charge in [0.1, 0.15) is 5.71 Å². The molecule has 4 nitrogen and oxygen atoms in total. The van der Waals surface area contributed by atoms with Gasteiger partial charge in [0.15, 0.2) is 5.78 Å². The summed E-state index contributed by atoms with van der Waals surface area (Å²) in [4.78, 5) is 25.7. The van der Waals surface area contributed by atoms with Gasteiger partial charge in [-0.05, 0) is 13.8 Å². The Morgan fingerprint density at radius 2 is 1.75 bits per heavy atom. The van der Waals surface area contributed by atoms with Gasteiger partial charge >= 0.3 is 5.97 Å². The molecule has 0 aromatic rings. The van der Waals surface area contributed by atoms with Crippen molar-refractivity contribution in [2.45, 2.75) is 20.8 Å². The van der Waals surface area contributed by atoms with Gasteiger partial charge in [0.25, 0.3) is 0 Å². The van der Waals surface area contributed by atoms with E-state index >= 15 is 0 Å². The number of hydrogen-bond donors (Lipinski definition) is 0. The van der Waals surface area contributed by atoms with Gasteiger partial charge in [0.2, 0.25) is 0 Å². The number of Topliss-reactive ketones (excluding diaryl/α,β-unsaturated/α-hetero) is 1. The van der Waals surface area contributed by atoms with Crippen LogP contribution in [0.25, 0.3) is 0 Å². The molecule has 0 aromatic carbocycles. The van der Waals surface area contributed by atoms with Crippen LogP contribution >= 0.6 is 0 Å². The third kappa shape index (κ3) is 3.65. The van der Waals surface area contributed by atoms with Crippen molar-refractivity contribution < 1.29 is 14.4 Å². The first-order valence-electron chi connectivity index (χ1n) is 3.37. The maximum Gasteiger partial charge on any atom is 0.360 e. The topological polar surface area (TPSA) is 55.7 Å². The van der Waals surface area contributed by atoms with Crippen LogP contribution < -0.4 is 0 Å². The molecular weight excluding hydrogens is 158 g/mol. The first kappa shape index (κ1) is 10.6. The predicted octanol–water partition coefficient (Wildman–Crippen LogP) is 1.07. The second-order valence-corrected chi connectivity index (χ2v) is 2.39. The molecule has 0 spiro atoms. The Kier molecular flexibility index (Phi) is 3.90. The van der Waals surface area contributed by atoms with Crippen LogP contribution in [0.1, 0.15) is 20.8 Å². The molecule has 0 amide bonds. The standard InChI is InChI=1S/C8H11NO3/c1-5(2)8(11)12-9-6(3)7(4)10/h1H2,2-4H3/b9-6-. The molecule has 0 rings (SSSR count). The lowest BCUT2D eigenvalue weighted by Gasteiger charge is -1.95. The SMILES string of the molecule is C=C(C)C(=O)O/N=C(/C)C(C)=O. The summed E-state index contributed by atoms with van der Waals surface area (Å²) in [5.74, 6) is -0.861. The predicted molar refractivity (Wildman–Crippen MR) is 44.7 cm³/mol. The summed E-state index contributed by atoms with van der Waals surface area (Å²) in [6, 6.07) is 0. The second-order valence-electron chi connectivity index (χ2n) is 2.39. The highest BCUT2D eigenvalue weighted by molar-refractivity contribution is 6.37. The fourth-order valence-electron chi connectivity index (χ4n) is 0.252. The van der Waals surface area contributed by atoms with Crippen molar-refractivity contribution in [2.24, 2.45) is 5.16 Å². The zero-order valence-corrected chi connectivity index (χ0v) is 7.38. The Balaban J connectivity index is 4.14. The zero-order valence-electron chi connectivity index (χ0n) is 7.38. The summed E-state index contributed by atoms with van der Waals surface area (Å²) in [6.45, 7) is 7.66. The molecule has 0 saturated carbocycles. The highest BCUT2D eigenvalue weighted by Gasteiger charge is 2.04. The fraction of sp³-hybridized carbons (Fsp3) is 0.375. The van der Waals surface area contributed by atoms with Gasteiger partial charge in [-0.15, -0.1) is 0 Å². The Morgan fingerprint density at radius 1 is 1.25 bits per heavy atom. The molecule has 66 valence electrons. The van der Waals surface area contributed by atoms with E-state index in [9.17, 15) is 9.59 Å². The van der Waals surface area contributed by atoms with Gasteiger partial charge in [-0.1, -0.05) is 11.7 Å². The van der Waals surface area contributed by atoms with Crippen LogP contribution in [0.5, 0.6) is 0 Å². The molecule has 12 heavy (non-hydrogen) atoms. The van der Waals surface area contributed by atoms with E-state index in [1.54, 1.807) is 0 Å². The first-order valence-corrected chi connectivity index (χ1v) is 3.37. The van der Waals surface area contributed by atoms with E-state index < -0.39 is 5.97 Å². The van der Waals surface area contributed by atoms with Crippen LogP contribution in [0.2, 0.25) is 0 Å². The monoisotopic (exact) mass is 169 g/mol. The molecule has 0 bridgehead atoms. The van der Waals surface area contributed by atoms with Crippen molar-refractivity contribution >= 4 is 17.5 Å².